The van der Waals surface area contributed by atoms with Gasteiger partial charge in [-0.25, -0.2) is 18.3 Å². The topological polar surface area (TPSA) is 175 Å². The van der Waals surface area contributed by atoms with E-state index in [1.165, 1.54) is 27.7 Å². The molecule has 6 heterocycles. The number of carboxylic acid groups (broad SMARTS) is 1. The first-order chi connectivity index (χ1) is 20.4. The van der Waals surface area contributed by atoms with Crippen molar-refractivity contribution < 1.29 is 33.1 Å². The lowest BCUT2D eigenvalue weighted by atomic mass is 9.78. The number of rotatable bonds is 8. The summed E-state index contributed by atoms with van der Waals surface area (Å²) < 4.78 is 28.9. The minimum absolute atomic E-state index is 0.0343. The summed E-state index contributed by atoms with van der Waals surface area (Å²) in [5.41, 5.74) is -0.646. The fourth-order valence-electron chi connectivity index (χ4n) is 7.31. The van der Waals surface area contributed by atoms with Crippen LogP contribution in [0.1, 0.15) is 39.5 Å². The van der Waals surface area contributed by atoms with Crippen molar-refractivity contribution in [1.29, 1.82) is 0 Å². The van der Waals surface area contributed by atoms with Crippen molar-refractivity contribution in [3.63, 3.8) is 0 Å². The SMILES string of the molecule is CC(NC(=O)Cn1cnnn1)[C@H]1C(=O)N2C(C(=O)O)=C(SC3CNC(C(=O)N4CCC5(CC4)CC(F)(F)CN5)C3)[C@H](C)[C@H]12. The Bertz CT molecular complexity index is 1340. The summed E-state index contributed by atoms with van der Waals surface area (Å²) in [6.45, 7) is 4.49. The summed E-state index contributed by atoms with van der Waals surface area (Å²) in [5.74, 6) is -5.56. The zero-order valence-corrected chi connectivity index (χ0v) is 24.6. The summed E-state index contributed by atoms with van der Waals surface area (Å²) in [5, 5.41) is 29.7. The van der Waals surface area contributed by atoms with Crippen molar-refractivity contribution in [2.24, 2.45) is 11.8 Å². The Hall–Kier alpha value is -3.18. The lowest BCUT2D eigenvalue weighted by Gasteiger charge is -2.47. The highest BCUT2D eigenvalue weighted by Crippen LogP contribution is 2.52. The smallest absolute Gasteiger partial charge is 0.353 e. The molecule has 1 aromatic heterocycles. The van der Waals surface area contributed by atoms with Gasteiger partial charge in [-0.1, -0.05) is 6.92 Å². The van der Waals surface area contributed by atoms with Crippen LogP contribution in [0.25, 0.3) is 0 Å². The van der Waals surface area contributed by atoms with Gasteiger partial charge in [0.05, 0.1) is 24.5 Å². The third kappa shape index (κ3) is 5.50. The van der Waals surface area contributed by atoms with E-state index in [9.17, 15) is 33.1 Å². The molecule has 0 radical (unpaired) electrons. The maximum atomic E-state index is 13.8. The zero-order valence-electron chi connectivity index (χ0n) is 23.8. The number of carbonyl (C=O) groups excluding carboxylic acids is 3. The third-order valence-electron chi connectivity index (χ3n) is 9.45. The van der Waals surface area contributed by atoms with Gasteiger partial charge in [0.2, 0.25) is 17.7 Å². The first kappa shape index (κ1) is 29.9. The number of carbonyl (C=O) groups is 4. The predicted molar refractivity (Wildman–Crippen MR) is 147 cm³/mol. The standard InChI is InChI=1S/C26H35F2N9O5S/c1-13-19-18(14(2)32-17(38)9-36-12-31-33-34-36)23(40)37(19)20(24(41)42)21(13)43-15-7-16(29-8-15)22(39)35-5-3-25(4-6-35)10-26(27,28)11-30-25/h12-16,18-19,29-30H,3-11H2,1-2H3,(H,32,38)(H,41,42)/t13-,14?,15?,16?,18-,19-/m1/s1. The molecular formula is C26H35F2N9O5S. The van der Waals surface area contributed by atoms with Crippen molar-refractivity contribution in [1.82, 2.24) is 46.0 Å². The summed E-state index contributed by atoms with van der Waals surface area (Å²) >= 11 is 1.39. The minimum Gasteiger partial charge on any atom is -0.477 e. The Morgan fingerprint density at radius 2 is 2.02 bits per heavy atom. The molecule has 6 rings (SSSR count). The van der Waals surface area contributed by atoms with Crippen LogP contribution in [0, 0.1) is 11.8 Å². The molecule has 43 heavy (non-hydrogen) atoms. The van der Waals surface area contributed by atoms with Crippen molar-refractivity contribution in [3.8, 4) is 0 Å². The largest absolute Gasteiger partial charge is 0.477 e. The van der Waals surface area contributed by atoms with Crippen molar-refractivity contribution in [2.75, 3.05) is 26.2 Å². The molecule has 14 nitrogen and oxygen atoms in total. The monoisotopic (exact) mass is 623 g/mol. The molecule has 4 fully saturated rings. The zero-order chi connectivity index (χ0) is 30.7. The number of aromatic nitrogens is 4. The van der Waals surface area contributed by atoms with E-state index in [0.717, 1.165) is 0 Å². The van der Waals surface area contributed by atoms with E-state index >= 15 is 0 Å². The third-order valence-corrected chi connectivity index (χ3v) is 11.0. The summed E-state index contributed by atoms with van der Waals surface area (Å²) in [4.78, 5) is 55.0. The van der Waals surface area contributed by atoms with Gasteiger partial charge >= 0.3 is 5.97 Å². The number of thioether (sulfide) groups is 1. The molecule has 0 aromatic carbocycles. The molecule has 0 bridgehead atoms. The fraction of sp³-hybridized carbons (Fsp3) is 0.731. The highest BCUT2D eigenvalue weighted by molar-refractivity contribution is 8.03. The molecule has 17 heteroatoms. The van der Waals surface area contributed by atoms with Crippen LogP contribution in [0.15, 0.2) is 16.9 Å². The Morgan fingerprint density at radius 1 is 1.28 bits per heavy atom. The van der Waals surface area contributed by atoms with Crippen molar-refractivity contribution in [3.05, 3.63) is 16.9 Å². The van der Waals surface area contributed by atoms with Gasteiger partial charge in [0.25, 0.3) is 5.92 Å². The van der Waals surface area contributed by atoms with Crippen LogP contribution < -0.4 is 16.0 Å². The van der Waals surface area contributed by atoms with Crippen LogP contribution in [0.3, 0.4) is 0 Å². The van der Waals surface area contributed by atoms with E-state index < -0.39 is 41.5 Å². The van der Waals surface area contributed by atoms with Gasteiger partial charge in [0.15, 0.2) is 0 Å². The van der Waals surface area contributed by atoms with Gasteiger partial charge < -0.3 is 30.9 Å². The van der Waals surface area contributed by atoms with E-state index in [1.807, 2.05) is 6.92 Å². The molecule has 0 aliphatic carbocycles. The Labute approximate surface area is 250 Å². The van der Waals surface area contributed by atoms with E-state index in [-0.39, 0.29) is 54.1 Å². The quantitative estimate of drug-likeness (QED) is 0.272. The van der Waals surface area contributed by atoms with Gasteiger partial charge in [-0.2, -0.15) is 0 Å². The molecule has 6 atom stereocenters. The maximum Gasteiger partial charge on any atom is 0.353 e. The molecule has 4 saturated heterocycles. The Balaban J connectivity index is 1.05. The van der Waals surface area contributed by atoms with Crippen LogP contribution in [0.4, 0.5) is 8.78 Å². The second-order valence-corrected chi connectivity index (χ2v) is 13.7. The fourth-order valence-corrected chi connectivity index (χ4v) is 8.79. The molecule has 0 saturated carbocycles. The number of piperidine rings is 1. The number of nitrogens with one attached hydrogen (secondary N) is 3. The van der Waals surface area contributed by atoms with E-state index in [1.54, 1.807) is 11.8 Å². The molecule has 5 aliphatic heterocycles. The molecule has 234 valence electrons. The van der Waals surface area contributed by atoms with Crippen LogP contribution >= 0.6 is 11.8 Å². The first-order valence-corrected chi connectivity index (χ1v) is 15.4. The van der Waals surface area contributed by atoms with E-state index in [4.69, 9.17) is 0 Å². The van der Waals surface area contributed by atoms with Crippen molar-refractivity contribution >= 4 is 35.5 Å². The number of tetrazole rings is 1. The molecule has 3 amide bonds. The number of hydrogen-bond donors (Lipinski definition) is 4. The van der Waals surface area contributed by atoms with Gasteiger partial charge in [-0.05, 0) is 36.6 Å². The maximum absolute atomic E-state index is 13.8. The molecule has 1 spiro atoms. The number of alkyl halides is 2. The number of aliphatic carboxylic acids is 1. The number of likely N-dealkylation sites (tertiary alicyclic amines) is 1. The number of hydrogen-bond acceptors (Lipinski definition) is 10. The number of halogens is 2. The number of β-lactam (4-membered cyclic amide) rings is 1. The molecule has 4 N–H and O–H groups in total. The second-order valence-electron chi connectivity index (χ2n) is 12.3. The number of carboxylic acids is 1. The first-order valence-electron chi connectivity index (χ1n) is 14.5. The van der Waals surface area contributed by atoms with E-state index in [0.29, 0.717) is 43.8 Å². The number of amides is 3. The highest BCUT2D eigenvalue weighted by Gasteiger charge is 2.60. The summed E-state index contributed by atoms with van der Waals surface area (Å²) in [6.07, 6.45) is 2.55. The van der Waals surface area contributed by atoms with Crippen LogP contribution in [-0.2, 0) is 25.7 Å². The lowest BCUT2D eigenvalue weighted by molar-refractivity contribution is -0.158. The average Bonchev–Trinajstić information content (AvgIpc) is 3.72. The molecule has 5 aliphatic rings. The predicted octanol–water partition coefficient (Wildman–Crippen LogP) is -0.596. The normalized spacial score (nSPS) is 31.7. The van der Waals surface area contributed by atoms with Crippen LogP contribution in [0.5, 0.6) is 0 Å². The molecule has 3 unspecified atom stereocenters. The highest BCUT2D eigenvalue weighted by atomic mass is 32.2. The molecule has 1 aromatic rings. The van der Waals surface area contributed by atoms with Gasteiger partial charge in [0, 0.05) is 53.7 Å². The Morgan fingerprint density at radius 3 is 2.65 bits per heavy atom. The van der Waals surface area contributed by atoms with Gasteiger partial charge in [-0.15, -0.1) is 16.9 Å². The summed E-state index contributed by atoms with van der Waals surface area (Å²) in [6, 6.07) is -1.39. The second kappa shape index (κ2) is 11.1. The number of fused-ring (bicyclic) bond motifs is 1. The van der Waals surface area contributed by atoms with Gasteiger partial charge in [0.1, 0.15) is 18.6 Å². The van der Waals surface area contributed by atoms with Crippen LogP contribution in [-0.4, -0.2) is 120 Å². The van der Waals surface area contributed by atoms with E-state index in [2.05, 4.69) is 31.5 Å². The number of nitrogens with zero attached hydrogens (tertiary/aromatic N) is 6. The average molecular weight is 624 g/mol. The van der Waals surface area contributed by atoms with Crippen LogP contribution in [0.2, 0.25) is 0 Å². The lowest BCUT2D eigenvalue weighted by Crippen LogP contribution is -2.66. The Kier molecular flexibility index (Phi) is 7.69. The minimum atomic E-state index is -2.71. The van der Waals surface area contributed by atoms with Crippen molar-refractivity contribution in [2.45, 2.75) is 80.9 Å². The molecular weight excluding hydrogens is 588 g/mol. The van der Waals surface area contributed by atoms with Gasteiger partial charge in [-0.3, -0.25) is 14.4 Å². The summed E-state index contributed by atoms with van der Waals surface area (Å²) in [7, 11) is 0.